The number of rotatable bonds is 5. The molecule has 1 N–H and O–H groups in total. The van der Waals surface area contributed by atoms with E-state index in [1.807, 2.05) is 18.0 Å². The molecule has 0 bridgehead atoms. The Morgan fingerprint density at radius 3 is 2.81 bits per heavy atom. The van der Waals surface area contributed by atoms with Gasteiger partial charge in [-0.3, -0.25) is 0 Å². The average molecular weight is 256 g/mol. The van der Waals surface area contributed by atoms with Crippen molar-refractivity contribution in [1.29, 1.82) is 0 Å². The summed E-state index contributed by atoms with van der Waals surface area (Å²) in [5.74, 6) is 0. The monoisotopic (exact) mass is 256 g/mol. The molecule has 90 valence electrons. The van der Waals surface area contributed by atoms with Crippen molar-refractivity contribution in [3.63, 3.8) is 0 Å². The number of hydrogen-bond donors (Lipinski definition) is 1. The lowest BCUT2D eigenvalue weighted by Gasteiger charge is -2.26. The minimum absolute atomic E-state index is 0.514. The summed E-state index contributed by atoms with van der Waals surface area (Å²) in [6.45, 7) is 4.19. The van der Waals surface area contributed by atoms with Gasteiger partial charge in [-0.15, -0.1) is 11.3 Å². The van der Waals surface area contributed by atoms with Gasteiger partial charge in [0.05, 0.1) is 5.01 Å². The number of thiazole rings is 1. The van der Waals surface area contributed by atoms with Gasteiger partial charge in [0.2, 0.25) is 0 Å². The van der Waals surface area contributed by atoms with Crippen LogP contribution < -0.4 is 5.32 Å². The van der Waals surface area contributed by atoms with Crippen LogP contribution in [0, 0.1) is 6.92 Å². The maximum Gasteiger partial charge on any atom is 0.0897 e. The highest BCUT2D eigenvalue weighted by molar-refractivity contribution is 8.00. The molecule has 0 radical (unpaired) electrons. The molecule has 1 heterocycles. The van der Waals surface area contributed by atoms with E-state index in [1.165, 1.54) is 30.6 Å². The SMILES string of the molecule is CSC1(CNCc2cnc(C)s2)CCCC1. The van der Waals surface area contributed by atoms with Crippen molar-refractivity contribution in [1.82, 2.24) is 10.3 Å². The van der Waals surface area contributed by atoms with Crippen LogP contribution in [0.15, 0.2) is 6.20 Å². The van der Waals surface area contributed by atoms with Gasteiger partial charge in [-0.1, -0.05) is 12.8 Å². The highest BCUT2D eigenvalue weighted by atomic mass is 32.2. The van der Waals surface area contributed by atoms with Crippen LogP contribution in [0.1, 0.15) is 35.6 Å². The molecule has 1 aliphatic rings. The predicted octanol–water partition coefficient (Wildman–Crippen LogP) is 3.22. The lowest BCUT2D eigenvalue weighted by atomic mass is 10.1. The average Bonchev–Trinajstić information content (AvgIpc) is 2.89. The van der Waals surface area contributed by atoms with Gasteiger partial charge < -0.3 is 5.32 Å². The lowest BCUT2D eigenvalue weighted by molar-refractivity contribution is 0.535. The number of nitrogens with one attached hydrogen (secondary N) is 1. The molecule has 0 amide bonds. The van der Waals surface area contributed by atoms with Gasteiger partial charge in [0.15, 0.2) is 0 Å². The van der Waals surface area contributed by atoms with Gasteiger partial charge in [-0.05, 0) is 26.0 Å². The van der Waals surface area contributed by atoms with Crippen LogP contribution in [0.4, 0.5) is 0 Å². The minimum atomic E-state index is 0.514. The molecule has 16 heavy (non-hydrogen) atoms. The van der Waals surface area contributed by atoms with Gasteiger partial charge >= 0.3 is 0 Å². The summed E-state index contributed by atoms with van der Waals surface area (Å²) in [6, 6.07) is 0. The fourth-order valence-corrected chi connectivity index (χ4v) is 4.08. The van der Waals surface area contributed by atoms with Crippen molar-refractivity contribution < 1.29 is 0 Å². The Bertz CT molecular complexity index is 330. The van der Waals surface area contributed by atoms with Gasteiger partial charge in [0.25, 0.3) is 0 Å². The fraction of sp³-hybridized carbons (Fsp3) is 0.750. The molecule has 0 aromatic carbocycles. The Labute approximate surface area is 106 Å². The number of hydrogen-bond acceptors (Lipinski definition) is 4. The van der Waals surface area contributed by atoms with Crippen LogP contribution in [-0.2, 0) is 6.54 Å². The van der Waals surface area contributed by atoms with Crippen molar-refractivity contribution in [2.75, 3.05) is 12.8 Å². The molecule has 0 spiro atoms. The summed E-state index contributed by atoms with van der Waals surface area (Å²) >= 11 is 3.84. The maximum absolute atomic E-state index is 4.28. The molecule has 1 aromatic rings. The Morgan fingerprint density at radius 2 is 2.25 bits per heavy atom. The molecule has 2 nitrogen and oxygen atoms in total. The first-order valence-electron chi connectivity index (χ1n) is 5.91. The lowest BCUT2D eigenvalue weighted by Crippen LogP contribution is -2.34. The molecule has 1 aromatic heterocycles. The Kier molecular flexibility index (Phi) is 4.27. The first kappa shape index (κ1) is 12.4. The summed E-state index contributed by atoms with van der Waals surface area (Å²) in [5.41, 5.74) is 0. The third-order valence-corrected chi connectivity index (χ3v) is 5.69. The summed E-state index contributed by atoms with van der Waals surface area (Å²) in [5, 5.41) is 4.76. The molecular formula is C12H20N2S2. The van der Waals surface area contributed by atoms with E-state index in [0.29, 0.717) is 4.75 Å². The first-order valence-corrected chi connectivity index (χ1v) is 7.95. The van der Waals surface area contributed by atoms with Crippen LogP contribution in [-0.4, -0.2) is 22.5 Å². The molecule has 0 atom stereocenters. The Balaban J connectivity index is 1.78. The molecule has 1 fully saturated rings. The van der Waals surface area contributed by atoms with E-state index < -0.39 is 0 Å². The summed E-state index contributed by atoms with van der Waals surface area (Å²) in [6.07, 6.45) is 9.81. The highest BCUT2D eigenvalue weighted by Gasteiger charge is 2.32. The molecule has 1 aliphatic carbocycles. The van der Waals surface area contributed by atoms with Gasteiger partial charge in [-0.25, -0.2) is 4.98 Å². The van der Waals surface area contributed by atoms with E-state index in [9.17, 15) is 0 Å². The van der Waals surface area contributed by atoms with E-state index >= 15 is 0 Å². The van der Waals surface area contributed by atoms with Crippen molar-refractivity contribution in [3.05, 3.63) is 16.1 Å². The van der Waals surface area contributed by atoms with Crippen LogP contribution in [0.3, 0.4) is 0 Å². The van der Waals surface area contributed by atoms with Crippen LogP contribution >= 0.6 is 23.1 Å². The largest absolute Gasteiger partial charge is 0.310 e. The van der Waals surface area contributed by atoms with Crippen LogP contribution in [0.2, 0.25) is 0 Å². The van der Waals surface area contributed by atoms with Crippen LogP contribution in [0.5, 0.6) is 0 Å². The van der Waals surface area contributed by atoms with E-state index in [-0.39, 0.29) is 0 Å². The molecule has 1 saturated carbocycles. The smallest absolute Gasteiger partial charge is 0.0897 e. The first-order chi connectivity index (χ1) is 7.74. The predicted molar refractivity (Wildman–Crippen MR) is 73.3 cm³/mol. The normalized spacial score (nSPS) is 19.1. The number of nitrogens with zero attached hydrogens (tertiary/aromatic N) is 1. The van der Waals surface area contributed by atoms with Crippen molar-refractivity contribution in [2.24, 2.45) is 0 Å². The quantitative estimate of drug-likeness (QED) is 0.875. The minimum Gasteiger partial charge on any atom is -0.310 e. The summed E-state index contributed by atoms with van der Waals surface area (Å²) in [7, 11) is 0. The van der Waals surface area contributed by atoms with Crippen molar-refractivity contribution >= 4 is 23.1 Å². The Morgan fingerprint density at radius 1 is 1.50 bits per heavy atom. The van der Waals surface area contributed by atoms with E-state index in [0.717, 1.165) is 18.1 Å². The molecule has 0 unspecified atom stereocenters. The van der Waals surface area contributed by atoms with E-state index in [1.54, 1.807) is 11.3 Å². The van der Waals surface area contributed by atoms with Gasteiger partial charge in [0.1, 0.15) is 0 Å². The Hall–Kier alpha value is -0.0600. The van der Waals surface area contributed by atoms with Crippen molar-refractivity contribution in [2.45, 2.75) is 43.9 Å². The zero-order valence-electron chi connectivity index (χ0n) is 10.1. The molecular weight excluding hydrogens is 236 g/mol. The maximum atomic E-state index is 4.28. The number of thioether (sulfide) groups is 1. The third kappa shape index (κ3) is 2.99. The number of aryl methyl sites for hydroxylation is 1. The topological polar surface area (TPSA) is 24.9 Å². The standard InChI is InChI=1S/C12H20N2S2/c1-10-14-8-11(16-10)7-13-9-12(15-2)5-3-4-6-12/h8,13H,3-7,9H2,1-2H3. The summed E-state index contributed by atoms with van der Waals surface area (Å²) in [4.78, 5) is 5.63. The summed E-state index contributed by atoms with van der Waals surface area (Å²) < 4.78 is 0.514. The zero-order chi connectivity index (χ0) is 11.4. The van der Waals surface area contributed by atoms with Crippen LogP contribution in [0.25, 0.3) is 0 Å². The highest BCUT2D eigenvalue weighted by Crippen LogP contribution is 2.39. The van der Waals surface area contributed by atoms with E-state index in [2.05, 4.69) is 23.5 Å². The van der Waals surface area contributed by atoms with Gasteiger partial charge in [0, 0.05) is 28.9 Å². The number of aromatic nitrogens is 1. The molecule has 2 rings (SSSR count). The van der Waals surface area contributed by atoms with Gasteiger partial charge in [-0.2, -0.15) is 11.8 Å². The third-order valence-electron chi connectivity index (χ3n) is 3.36. The fourth-order valence-electron chi connectivity index (χ4n) is 2.37. The van der Waals surface area contributed by atoms with E-state index in [4.69, 9.17) is 0 Å². The second kappa shape index (κ2) is 5.52. The second-order valence-corrected chi connectivity index (χ2v) is 7.14. The zero-order valence-corrected chi connectivity index (χ0v) is 11.7. The second-order valence-electron chi connectivity index (χ2n) is 4.54. The molecule has 4 heteroatoms. The molecule has 0 saturated heterocycles. The van der Waals surface area contributed by atoms with Crippen molar-refractivity contribution in [3.8, 4) is 0 Å². The molecule has 0 aliphatic heterocycles.